The van der Waals surface area contributed by atoms with Crippen LogP contribution in [0.15, 0.2) is 18.2 Å². The van der Waals surface area contributed by atoms with Crippen molar-refractivity contribution in [1.82, 2.24) is 0 Å². The summed E-state index contributed by atoms with van der Waals surface area (Å²) >= 11 is 0. The number of carbonyl (C=O) groups excluding carboxylic acids is 1. The summed E-state index contributed by atoms with van der Waals surface area (Å²) in [5, 5.41) is 19.6. The molecule has 0 radical (unpaired) electrons. The van der Waals surface area contributed by atoms with E-state index in [4.69, 9.17) is 5.26 Å². The van der Waals surface area contributed by atoms with E-state index >= 15 is 0 Å². The molecule has 0 saturated heterocycles. The lowest BCUT2D eigenvalue weighted by Crippen LogP contribution is -2.28. The molecule has 1 atom stereocenters. The van der Waals surface area contributed by atoms with Gasteiger partial charge in [0.05, 0.1) is 24.5 Å². The molecule has 0 bridgehead atoms. The van der Waals surface area contributed by atoms with Gasteiger partial charge in [0.25, 0.3) is 5.69 Å². The Kier molecular flexibility index (Phi) is 5.03. The monoisotopic (exact) mass is 277 g/mol. The van der Waals surface area contributed by atoms with Gasteiger partial charge < -0.3 is 9.64 Å². The van der Waals surface area contributed by atoms with Crippen LogP contribution in [0.4, 0.5) is 11.4 Å². The lowest BCUT2D eigenvalue weighted by atomic mass is 10.1. The van der Waals surface area contributed by atoms with Crippen molar-refractivity contribution in [1.29, 1.82) is 5.26 Å². The third-order valence-corrected chi connectivity index (χ3v) is 3.04. The fourth-order valence-electron chi connectivity index (χ4n) is 1.70. The standard InChI is InChI=1S/C13H15N3O4/c1-9(6-7-14)15(2)10-4-5-12(16(18)19)11(8-10)13(17)20-3/h4-5,8-9H,6H2,1-3H3. The van der Waals surface area contributed by atoms with Gasteiger partial charge in [0.2, 0.25) is 0 Å². The number of esters is 1. The van der Waals surface area contributed by atoms with E-state index < -0.39 is 10.9 Å². The van der Waals surface area contributed by atoms with Crippen LogP contribution in [0.1, 0.15) is 23.7 Å². The van der Waals surface area contributed by atoms with Gasteiger partial charge >= 0.3 is 5.97 Å². The van der Waals surface area contributed by atoms with Gasteiger partial charge in [-0.15, -0.1) is 0 Å². The number of nitrogens with zero attached hydrogens (tertiary/aromatic N) is 3. The Morgan fingerprint density at radius 3 is 2.75 bits per heavy atom. The first-order valence-corrected chi connectivity index (χ1v) is 5.89. The van der Waals surface area contributed by atoms with Gasteiger partial charge in [-0.1, -0.05) is 0 Å². The van der Waals surface area contributed by atoms with Crippen LogP contribution in [0, 0.1) is 21.4 Å². The van der Waals surface area contributed by atoms with Crippen LogP contribution in [0.2, 0.25) is 0 Å². The Balaban J connectivity index is 3.22. The molecule has 0 fully saturated rings. The summed E-state index contributed by atoms with van der Waals surface area (Å²) in [6.45, 7) is 1.85. The number of hydrogen-bond donors (Lipinski definition) is 0. The molecular formula is C13H15N3O4. The molecule has 0 N–H and O–H groups in total. The van der Waals surface area contributed by atoms with Crippen molar-refractivity contribution in [2.24, 2.45) is 0 Å². The molecule has 0 saturated carbocycles. The second-order valence-electron chi connectivity index (χ2n) is 4.27. The molecule has 20 heavy (non-hydrogen) atoms. The van der Waals surface area contributed by atoms with Crippen LogP contribution >= 0.6 is 0 Å². The summed E-state index contributed by atoms with van der Waals surface area (Å²) in [5.74, 6) is -0.764. The van der Waals surface area contributed by atoms with Gasteiger partial charge in [0.15, 0.2) is 0 Å². The number of benzene rings is 1. The molecule has 0 aliphatic heterocycles. The normalized spacial score (nSPS) is 11.3. The lowest BCUT2D eigenvalue weighted by molar-refractivity contribution is -0.385. The highest BCUT2D eigenvalue weighted by atomic mass is 16.6. The number of anilines is 1. The van der Waals surface area contributed by atoms with E-state index in [2.05, 4.69) is 10.8 Å². The molecule has 0 amide bonds. The van der Waals surface area contributed by atoms with Crippen LogP contribution in [0.25, 0.3) is 0 Å². The van der Waals surface area contributed by atoms with Crippen LogP contribution in [-0.4, -0.2) is 31.1 Å². The van der Waals surface area contributed by atoms with Crippen LogP contribution in [0.3, 0.4) is 0 Å². The number of nitriles is 1. The second-order valence-corrected chi connectivity index (χ2v) is 4.27. The third-order valence-electron chi connectivity index (χ3n) is 3.04. The van der Waals surface area contributed by atoms with Crippen molar-refractivity contribution < 1.29 is 14.5 Å². The van der Waals surface area contributed by atoms with Crippen LogP contribution in [0.5, 0.6) is 0 Å². The number of carbonyl (C=O) groups is 1. The smallest absolute Gasteiger partial charge is 0.344 e. The van der Waals surface area contributed by atoms with Crippen LogP contribution in [-0.2, 0) is 4.74 Å². The van der Waals surface area contributed by atoms with Crippen molar-refractivity contribution in [3.8, 4) is 6.07 Å². The largest absolute Gasteiger partial charge is 0.465 e. The lowest BCUT2D eigenvalue weighted by Gasteiger charge is -2.25. The minimum Gasteiger partial charge on any atom is -0.465 e. The average Bonchev–Trinajstić information content (AvgIpc) is 2.45. The molecule has 1 rings (SSSR count). The zero-order chi connectivity index (χ0) is 15.3. The second kappa shape index (κ2) is 6.52. The van der Waals surface area contributed by atoms with Crippen molar-refractivity contribution in [2.75, 3.05) is 19.1 Å². The first-order chi connectivity index (χ1) is 9.42. The maximum atomic E-state index is 11.6. The molecular weight excluding hydrogens is 262 g/mol. The highest BCUT2D eigenvalue weighted by Crippen LogP contribution is 2.26. The van der Waals surface area contributed by atoms with Gasteiger partial charge in [-0.05, 0) is 19.1 Å². The van der Waals surface area contributed by atoms with Crippen LogP contribution < -0.4 is 4.90 Å². The molecule has 0 aromatic heterocycles. The van der Waals surface area contributed by atoms with E-state index in [1.165, 1.54) is 19.2 Å². The molecule has 1 unspecified atom stereocenters. The Labute approximate surface area is 116 Å². The molecule has 1 aromatic carbocycles. The number of rotatable bonds is 5. The topological polar surface area (TPSA) is 96.5 Å². The molecule has 0 aliphatic carbocycles. The third kappa shape index (κ3) is 3.23. The molecule has 7 nitrogen and oxygen atoms in total. The molecule has 106 valence electrons. The number of nitro groups is 1. The quantitative estimate of drug-likeness (QED) is 0.464. The summed E-state index contributed by atoms with van der Waals surface area (Å²) in [5.41, 5.74) is 0.201. The van der Waals surface area contributed by atoms with E-state index in [0.717, 1.165) is 0 Å². The number of methoxy groups -OCH3 is 1. The van der Waals surface area contributed by atoms with Crippen molar-refractivity contribution in [3.05, 3.63) is 33.9 Å². The minimum absolute atomic E-state index is 0.0769. The number of nitro benzene ring substituents is 1. The molecule has 0 heterocycles. The minimum atomic E-state index is -0.764. The summed E-state index contributed by atoms with van der Waals surface area (Å²) in [6, 6.07) is 6.18. The Hall–Kier alpha value is -2.62. The zero-order valence-corrected chi connectivity index (χ0v) is 11.5. The summed E-state index contributed by atoms with van der Waals surface area (Å²) in [6.07, 6.45) is 0.307. The van der Waals surface area contributed by atoms with E-state index in [1.54, 1.807) is 18.0 Å². The number of hydrogen-bond acceptors (Lipinski definition) is 6. The summed E-state index contributed by atoms with van der Waals surface area (Å²) in [4.78, 5) is 23.7. The van der Waals surface area contributed by atoms with Gasteiger partial charge in [-0.25, -0.2) is 4.79 Å². The predicted octanol–water partition coefficient (Wildman–Crippen LogP) is 2.12. The van der Waals surface area contributed by atoms with Gasteiger partial charge in [-0.2, -0.15) is 5.26 Å². The highest BCUT2D eigenvalue weighted by molar-refractivity contribution is 5.95. The van der Waals surface area contributed by atoms with E-state index in [1.807, 2.05) is 6.92 Å². The molecule has 0 spiro atoms. The number of ether oxygens (including phenoxy) is 1. The highest BCUT2D eigenvalue weighted by Gasteiger charge is 2.22. The molecule has 1 aromatic rings. The van der Waals surface area contributed by atoms with Crippen molar-refractivity contribution in [3.63, 3.8) is 0 Å². The fraction of sp³-hybridized carbons (Fsp3) is 0.385. The fourth-order valence-corrected chi connectivity index (χ4v) is 1.70. The van der Waals surface area contributed by atoms with Crippen molar-refractivity contribution in [2.45, 2.75) is 19.4 Å². The molecule has 7 heteroatoms. The maximum absolute atomic E-state index is 11.6. The summed E-state index contributed by atoms with van der Waals surface area (Å²) in [7, 11) is 2.92. The van der Waals surface area contributed by atoms with Crippen molar-refractivity contribution >= 4 is 17.3 Å². The summed E-state index contributed by atoms with van der Waals surface area (Å²) < 4.78 is 4.56. The first-order valence-electron chi connectivity index (χ1n) is 5.89. The van der Waals surface area contributed by atoms with E-state index in [-0.39, 0.29) is 17.3 Å². The average molecular weight is 277 g/mol. The Morgan fingerprint density at radius 1 is 1.60 bits per heavy atom. The maximum Gasteiger partial charge on any atom is 0.344 e. The zero-order valence-electron chi connectivity index (χ0n) is 11.5. The van der Waals surface area contributed by atoms with E-state index in [0.29, 0.717) is 12.1 Å². The molecule has 0 aliphatic rings. The predicted molar refractivity (Wildman–Crippen MR) is 72.5 cm³/mol. The Morgan fingerprint density at radius 2 is 2.25 bits per heavy atom. The van der Waals surface area contributed by atoms with Gasteiger partial charge in [0, 0.05) is 24.8 Å². The first kappa shape index (κ1) is 15.4. The van der Waals surface area contributed by atoms with Gasteiger partial charge in [-0.3, -0.25) is 10.1 Å². The van der Waals surface area contributed by atoms with Gasteiger partial charge in [0.1, 0.15) is 5.56 Å². The SMILES string of the molecule is COC(=O)c1cc(N(C)C(C)CC#N)ccc1[N+](=O)[O-]. The van der Waals surface area contributed by atoms with E-state index in [9.17, 15) is 14.9 Å². The Bertz CT molecular complexity index is 565.